The number of phenols is 1. The van der Waals surface area contributed by atoms with Crippen molar-refractivity contribution in [3.05, 3.63) is 29.8 Å². The molecular weight excluding hydrogens is 190 g/mol. The second kappa shape index (κ2) is 4.33. The average molecular weight is 199 g/mol. The van der Waals surface area contributed by atoms with E-state index in [-0.39, 0.29) is 0 Å². The van der Waals surface area contributed by atoms with Crippen LogP contribution in [0.25, 0.3) is 0 Å². The second-order valence-corrected chi connectivity index (χ2v) is 3.95. The quantitative estimate of drug-likeness (QED) is 0.714. The number of aromatic hydroxyl groups is 1. The summed E-state index contributed by atoms with van der Waals surface area (Å²) in [5, 5.41) is 9.33. The molecule has 3 N–H and O–H groups in total. The number of rotatable bonds is 2. The van der Waals surface area contributed by atoms with Crippen molar-refractivity contribution < 1.29 is 5.11 Å². The molecule has 0 atom stereocenters. The fraction of sp³-hybridized carbons (Fsp3) is 0.125. The van der Waals surface area contributed by atoms with Gasteiger partial charge in [-0.15, -0.1) is 0 Å². The minimum atomic E-state index is 0.293. The second-order valence-electron chi connectivity index (χ2n) is 2.24. The van der Waals surface area contributed by atoms with E-state index < -0.39 is 0 Å². The standard InChI is InChI=1S/C8H9NOS2/c9-8(11)12-5-6-3-1-2-4-7(6)10/h1-4,10H,5H2,(H2,9,11). The van der Waals surface area contributed by atoms with Gasteiger partial charge < -0.3 is 10.8 Å². The topological polar surface area (TPSA) is 46.2 Å². The van der Waals surface area contributed by atoms with Crippen LogP contribution in [0, 0.1) is 0 Å². The van der Waals surface area contributed by atoms with Crippen molar-refractivity contribution in [1.29, 1.82) is 0 Å². The Morgan fingerprint density at radius 3 is 2.75 bits per heavy atom. The van der Waals surface area contributed by atoms with E-state index in [1.54, 1.807) is 12.1 Å². The third kappa shape index (κ3) is 2.71. The van der Waals surface area contributed by atoms with E-state index in [2.05, 4.69) is 0 Å². The Morgan fingerprint density at radius 1 is 1.50 bits per heavy atom. The smallest absolute Gasteiger partial charge is 0.131 e. The predicted octanol–water partition coefficient (Wildman–Crippen LogP) is 1.87. The van der Waals surface area contributed by atoms with Gasteiger partial charge in [-0.3, -0.25) is 0 Å². The molecule has 1 rings (SSSR count). The Labute approximate surface area is 80.8 Å². The molecule has 0 amide bonds. The lowest BCUT2D eigenvalue weighted by molar-refractivity contribution is 0.470. The molecule has 1 aromatic carbocycles. The fourth-order valence-corrected chi connectivity index (χ4v) is 1.50. The number of thiocarbonyl (C=S) groups is 1. The highest BCUT2D eigenvalue weighted by molar-refractivity contribution is 8.22. The first kappa shape index (κ1) is 9.35. The van der Waals surface area contributed by atoms with E-state index in [1.807, 2.05) is 12.1 Å². The molecule has 1 aromatic rings. The van der Waals surface area contributed by atoms with Crippen molar-refractivity contribution in [2.24, 2.45) is 5.73 Å². The lowest BCUT2D eigenvalue weighted by Crippen LogP contribution is -2.01. The normalized spacial score (nSPS) is 9.67. The fourth-order valence-electron chi connectivity index (χ4n) is 0.782. The Kier molecular flexibility index (Phi) is 3.37. The minimum Gasteiger partial charge on any atom is -0.508 e. The summed E-state index contributed by atoms with van der Waals surface area (Å²) in [6.07, 6.45) is 0. The molecule has 0 heterocycles. The summed E-state index contributed by atoms with van der Waals surface area (Å²) in [5.41, 5.74) is 6.16. The highest BCUT2D eigenvalue weighted by Crippen LogP contribution is 2.21. The van der Waals surface area contributed by atoms with Gasteiger partial charge in [0.25, 0.3) is 0 Å². The van der Waals surface area contributed by atoms with E-state index in [9.17, 15) is 5.11 Å². The maximum Gasteiger partial charge on any atom is 0.131 e. The molecule has 0 radical (unpaired) electrons. The first-order valence-corrected chi connectivity index (χ1v) is 4.78. The van der Waals surface area contributed by atoms with E-state index in [1.165, 1.54) is 11.8 Å². The molecule has 0 aliphatic heterocycles. The van der Waals surface area contributed by atoms with Crippen LogP contribution in [0.3, 0.4) is 0 Å². The Morgan fingerprint density at radius 2 is 2.17 bits per heavy atom. The molecule has 0 aromatic heterocycles. The molecule has 0 spiro atoms. The highest BCUT2D eigenvalue weighted by Gasteiger charge is 1.99. The Hall–Kier alpha value is -0.740. The van der Waals surface area contributed by atoms with Crippen molar-refractivity contribution in [2.75, 3.05) is 0 Å². The number of hydrogen-bond acceptors (Lipinski definition) is 3. The summed E-state index contributed by atoms with van der Waals surface area (Å²) < 4.78 is 0.401. The molecule has 0 unspecified atom stereocenters. The molecule has 0 aliphatic rings. The SMILES string of the molecule is NC(=S)SCc1ccccc1O. The molecule has 4 heteroatoms. The first-order chi connectivity index (χ1) is 5.70. The lowest BCUT2D eigenvalue weighted by atomic mass is 10.2. The maximum atomic E-state index is 9.33. The van der Waals surface area contributed by atoms with Gasteiger partial charge in [0.2, 0.25) is 0 Å². The largest absolute Gasteiger partial charge is 0.508 e. The first-order valence-electron chi connectivity index (χ1n) is 3.39. The van der Waals surface area contributed by atoms with Crippen molar-refractivity contribution in [1.82, 2.24) is 0 Å². The van der Waals surface area contributed by atoms with Crippen LogP contribution in [0.2, 0.25) is 0 Å². The zero-order valence-corrected chi connectivity index (χ0v) is 7.99. The summed E-state index contributed by atoms with van der Waals surface area (Å²) in [6, 6.07) is 7.15. The van der Waals surface area contributed by atoms with Gasteiger partial charge >= 0.3 is 0 Å². The zero-order chi connectivity index (χ0) is 8.97. The molecule has 2 nitrogen and oxygen atoms in total. The molecular formula is C8H9NOS2. The van der Waals surface area contributed by atoms with Crippen LogP contribution < -0.4 is 5.73 Å². The van der Waals surface area contributed by atoms with E-state index in [0.717, 1.165) is 5.56 Å². The third-order valence-electron chi connectivity index (χ3n) is 1.36. The van der Waals surface area contributed by atoms with Crippen LogP contribution in [0.4, 0.5) is 0 Å². The van der Waals surface area contributed by atoms with Crippen LogP contribution in [-0.2, 0) is 5.75 Å². The number of para-hydroxylation sites is 1. The van der Waals surface area contributed by atoms with Gasteiger partial charge in [0.1, 0.15) is 10.1 Å². The van der Waals surface area contributed by atoms with Crippen LogP contribution >= 0.6 is 24.0 Å². The van der Waals surface area contributed by atoms with Gasteiger partial charge in [0.15, 0.2) is 0 Å². The average Bonchev–Trinajstić information content (AvgIpc) is 2.03. The molecule has 64 valence electrons. The molecule has 0 fully saturated rings. The van der Waals surface area contributed by atoms with Crippen molar-refractivity contribution >= 4 is 28.3 Å². The highest BCUT2D eigenvalue weighted by atomic mass is 32.2. The van der Waals surface area contributed by atoms with Crippen LogP contribution in [0.1, 0.15) is 5.56 Å². The minimum absolute atomic E-state index is 0.293. The molecule has 0 saturated heterocycles. The monoisotopic (exact) mass is 199 g/mol. The molecule has 0 aliphatic carbocycles. The van der Waals surface area contributed by atoms with Crippen molar-refractivity contribution in [2.45, 2.75) is 5.75 Å². The van der Waals surface area contributed by atoms with Crippen LogP contribution in [0.15, 0.2) is 24.3 Å². The third-order valence-corrected chi connectivity index (χ3v) is 2.45. The van der Waals surface area contributed by atoms with Crippen LogP contribution in [-0.4, -0.2) is 9.43 Å². The Balaban J connectivity index is 2.63. The molecule has 0 saturated carbocycles. The Bertz CT molecular complexity index is 288. The predicted molar refractivity (Wildman–Crippen MR) is 56.2 cm³/mol. The van der Waals surface area contributed by atoms with Gasteiger partial charge in [0.05, 0.1) is 0 Å². The summed E-state index contributed by atoms with van der Waals surface area (Å²) >= 11 is 6.04. The van der Waals surface area contributed by atoms with Crippen molar-refractivity contribution in [3.63, 3.8) is 0 Å². The summed E-state index contributed by atoms with van der Waals surface area (Å²) in [7, 11) is 0. The molecule has 12 heavy (non-hydrogen) atoms. The van der Waals surface area contributed by atoms with Gasteiger partial charge in [-0.05, 0) is 6.07 Å². The number of nitrogens with two attached hydrogens (primary N) is 1. The molecule has 0 bridgehead atoms. The lowest BCUT2D eigenvalue weighted by Gasteiger charge is -2.01. The van der Waals surface area contributed by atoms with E-state index in [4.69, 9.17) is 18.0 Å². The van der Waals surface area contributed by atoms with Gasteiger partial charge in [-0.1, -0.05) is 42.2 Å². The van der Waals surface area contributed by atoms with Crippen molar-refractivity contribution in [3.8, 4) is 5.75 Å². The maximum absolute atomic E-state index is 9.33. The summed E-state index contributed by atoms with van der Waals surface area (Å²) in [5.74, 6) is 0.920. The van der Waals surface area contributed by atoms with Gasteiger partial charge in [0, 0.05) is 11.3 Å². The van der Waals surface area contributed by atoms with E-state index in [0.29, 0.717) is 15.8 Å². The number of benzene rings is 1. The van der Waals surface area contributed by atoms with Gasteiger partial charge in [-0.25, -0.2) is 0 Å². The number of phenolic OH excluding ortho intramolecular Hbond substituents is 1. The van der Waals surface area contributed by atoms with Gasteiger partial charge in [-0.2, -0.15) is 0 Å². The number of hydrogen-bond donors (Lipinski definition) is 2. The van der Waals surface area contributed by atoms with Crippen LogP contribution in [0.5, 0.6) is 5.75 Å². The number of thioether (sulfide) groups is 1. The summed E-state index contributed by atoms with van der Waals surface area (Å²) in [4.78, 5) is 0. The summed E-state index contributed by atoms with van der Waals surface area (Å²) in [6.45, 7) is 0. The van der Waals surface area contributed by atoms with E-state index >= 15 is 0 Å². The zero-order valence-electron chi connectivity index (χ0n) is 6.36.